The van der Waals surface area contributed by atoms with Gasteiger partial charge in [-0.3, -0.25) is 0 Å². The van der Waals surface area contributed by atoms with Crippen LogP contribution >= 0.6 is 0 Å². The quantitative estimate of drug-likeness (QED) is 0.233. The molecule has 0 heterocycles. The second kappa shape index (κ2) is 6.77. The average Bonchev–Trinajstić information content (AvgIpc) is 2.32. The molecule has 1 aromatic carbocycles. The molecule has 0 bridgehead atoms. The highest BCUT2D eigenvalue weighted by Crippen LogP contribution is 2.20. The third kappa shape index (κ3) is 4.99. The van der Waals surface area contributed by atoms with E-state index in [0.717, 1.165) is 0 Å². The van der Waals surface area contributed by atoms with Gasteiger partial charge in [-0.2, -0.15) is 0 Å². The molecule has 104 valence electrons. The fourth-order valence-corrected chi connectivity index (χ4v) is 1.36. The lowest BCUT2D eigenvalue weighted by Crippen LogP contribution is -2.13. The summed E-state index contributed by atoms with van der Waals surface area (Å²) in [6.07, 6.45) is -1.17. The van der Waals surface area contributed by atoms with Crippen LogP contribution in [0.15, 0.2) is 30.4 Å². The van der Waals surface area contributed by atoms with Gasteiger partial charge in [0.2, 0.25) is 0 Å². The molecule has 19 heavy (non-hydrogen) atoms. The number of ether oxygens (including phenoxy) is 2. The van der Waals surface area contributed by atoms with Crippen LogP contribution in [-0.4, -0.2) is 24.3 Å². The summed E-state index contributed by atoms with van der Waals surface area (Å²) >= 11 is 0. The van der Waals surface area contributed by atoms with Crippen molar-refractivity contribution in [2.75, 3.05) is 24.7 Å². The standard InChI is InChI=1S/C13H18N2O4/c1-8(2)12(16)18-3-4-19-13(17)9-5-10(14)7-11(15)6-9/h5-7,13,17H,1,3-4,14-15H2,2H3. The number of nitrogen functional groups attached to an aromatic ring is 2. The molecule has 5 N–H and O–H groups in total. The maximum absolute atomic E-state index is 11.1. The van der Waals surface area contributed by atoms with Crippen LogP contribution in [0.4, 0.5) is 11.4 Å². The van der Waals surface area contributed by atoms with Gasteiger partial charge in [-0.15, -0.1) is 0 Å². The first-order chi connectivity index (χ1) is 8.90. The van der Waals surface area contributed by atoms with Crippen LogP contribution in [0.5, 0.6) is 0 Å². The van der Waals surface area contributed by atoms with Crippen LogP contribution in [0.25, 0.3) is 0 Å². The van der Waals surface area contributed by atoms with E-state index in [4.69, 9.17) is 20.9 Å². The average molecular weight is 266 g/mol. The zero-order valence-electron chi connectivity index (χ0n) is 10.8. The normalized spacial score (nSPS) is 11.9. The number of hydrogen-bond donors (Lipinski definition) is 3. The largest absolute Gasteiger partial charge is 0.460 e. The predicted octanol–water partition coefficient (Wildman–Crippen LogP) is 0.978. The summed E-state index contributed by atoms with van der Waals surface area (Å²) in [4.78, 5) is 11.1. The highest BCUT2D eigenvalue weighted by atomic mass is 16.6. The molecule has 0 aliphatic heterocycles. The number of carbonyl (C=O) groups excluding carboxylic acids is 1. The number of anilines is 2. The van der Waals surface area contributed by atoms with Gasteiger partial charge in [0, 0.05) is 22.5 Å². The van der Waals surface area contributed by atoms with Gasteiger partial charge >= 0.3 is 5.97 Å². The zero-order chi connectivity index (χ0) is 14.4. The number of aliphatic hydroxyl groups excluding tert-OH is 1. The Labute approximate surface area is 111 Å². The first-order valence-electron chi connectivity index (χ1n) is 5.68. The van der Waals surface area contributed by atoms with E-state index in [-0.39, 0.29) is 13.2 Å². The molecule has 0 aliphatic carbocycles. The fraction of sp³-hybridized carbons (Fsp3) is 0.308. The van der Waals surface area contributed by atoms with Gasteiger partial charge in [0.05, 0.1) is 6.61 Å². The van der Waals surface area contributed by atoms with Gasteiger partial charge < -0.3 is 26.0 Å². The molecular formula is C13H18N2O4. The molecule has 0 aromatic heterocycles. The summed E-state index contributed by atoms with van der Waals surface area (Å²) in [5.74, 6) is -0.494. The van der Waals surface area contributed by atoms with E-state index in [1.165, 1.54) is 0 Å². The number of esters is 1. The van der Waals surface area contributed by atoms with Crippen LogP contribution in [0.2, 0.25) is 0 Å². The Hall–Kier alpha value is -2.05. The first kappa shape index (κ1) is 15.0. The molecule has 0 fully saturated rings. The van der Waals surface area contributed by atoms with Crippen LogP contribution < -0.4 is 11.5 Å². The molecule has 1 unspecified atom stereocenters. The maximum atomic E-state index is 11.1. The van der Waals surface area contributed by atoms with Gasteiger partial charge in [-0.05, 0) is 25.1 Å². The van der Waals surface area contributed by atoms with E-state index in [9.17, 15) is 9.90 Å². The van der Waals surface area contributed by atoms with Crippen molar-refractivity contribution in [3.05, 3.63) is 35.9 Å². The molecule has 0 saturated carbocycles. The van der Waals surface area contributed by atoms with Crippen LogP contribution in [-0.2, 0) is 14.3 Å². The molecular weight excluding hydrogens is 248 g/mol. The fourth-order valence-electron chi connectivity index (χ4n) is 1.36. The molecule has 0 amide bonds. The minimum absolute atomic E-state index is 0.0283. The second-order valence-electron chi connectivity index (χ2n) is 4.07. The van der Waals surface area contributed by atoms with Crippen molar-refractivity contribution in [2.45, 2.75) is 13.2 Å². The van der Waals surface area contributed by atoms with Crippen LogP contribution in [0, 0.1) is 0 Å². The predicted molar refractivity (Wildman–Crippen MR) is 72.0 cm³/mol. The third-order valence-corrected chi connectivity index (χ3v) is 2.23. The van der Waals surface area contributed by atoms with Crippen LogP contribution in [0.1, 0.15) is 18.8 Å². The van der Waals surface area contributed by atoms with E-state index in [0.29, 0.717) is 22.5 Å². The molecule has 6 nitrogen and oxygen atoms in total. The highest BCUT2D eigenvalue weighted by Gasteiger charge is 2.10. The smallest absolute Gasteiger partial charge is 0.333 e. The molecule has 1 atom stereocenters. The lowest BCUT2D eigenvalue weighted by molar-refractivity contribution is -0.147. The van der Waals surface area contributed by atoms with E-state index in [2.05, 4.69) is 6.58 Å². The Morgan fingerprint density at radius 3 is 2.42 bits per heavy atom. The Morgan fingerprint density at radius 2 is 1.89 bits per heavy atom. The number of hydrogen-bond acceptors (Lipinski definition) is 6. The maximum Gasteiger partial charge on any atom is 0.333 e. The van der Waals surface area contributed by atoms with Gasteiger partial charge in [-0.25, -0.2) is 4.79 Å². The number of carbonyl (C=O) groups is 1. The van der Waals surface area contributed by atoms with E-state index >= 15 is 0 Å². The Balaban J connectivity index is 2.41. The summed E-state index contributed by atoms with van der Waals surface area (Å²) in [7, 11) is 0. The van der Waals surface area contributed by atoms with Crippen molar-refractivity contribution >= 4 is 17.3 Å². The molecule has 0 aliphatic rings. The second-order valence-corrected chi connectivity index (χ2v) is 4.07. The molecule has 1 aromatic rings. The van der Waals surface area contributed by atoms with Gasteiger partial charge in [0.15, 0.2) is 6.29 Å². The van der Waals surface area contributed by atoms with E-state index in [1.807, 2.05) is 0 Å². The lowest BCUT2D eigenvalue weighted by Gasteiger charge is -2.13. The van der Waals surface area contributed by atoms with E-state index < -0.39 is 12.3 Å². The molecule has 1 rings (SSSR count). The van der Waals surface area contributed by atoms with Crippen molar-refractivity contribution in [2.24, 2.45) is 0 Å². The summed E-state index contributed by atoms with van der Waals surface area (Å²) in [5, 5.41) is 9.75. The SMILES string of the molecule is C=C(C)C(=O)OCCOC(O)c1cc(N)cc(N)c1. The van der Waals surface area contributed by atoms with Gasteiger partial charge in [-0.1, -0.05) is 6.58 Å². The van der Waals surface area contributed by atoms with Crippen LogP contribution in [0.3, 0.4) is 0 Å². The molecule has 0 saturated heterocycles. The Bertz CT molecular complexity index is 453. The number of nitrogens with two attached hydrogens (primary N) is 2. The molecule has 0 radical (unpaired) electrons. The third-order valence-electron chi connectivity index (χ3n) is 2.23. The zero-order valence-corrected chi connectivity index (χ0v) is 10.8. The minimum atomic E-state index is -1.17. The summed E-state index contributed by atoms with van der Waals surface area (Å²) in [5.41, 5.74) is 12.8. The topological polar surface area (TPSA) is 108 Å². The minimum Gasteiger partial charge on any atom is -0.460 e. The monoisotopic (exact) mass is 266 g/mol. The van der Waals surface area contributed by atoms with Gasteiger partial charge in [0.25, 0.3) is 0 Å². The van der Waals surface area contributed by atoms with Crippen molar-refractivity contribution in [1.29, 1.82) is 0 Å². The van der Waals surface area contributed by atoms with Crippen molar-refractivity contribution in [3.8, 4) is 0 Å². The summed E-state index contributed by atoms with van der Waals surface area (Å²) in [6.45, 7) is 5.07. The summed E-state index contributed by atoms with van der Waals surface area (Å²) < 4.78 is 9.92. The van der Waals surface area contributed by atoms with Crippen molar-refractivity contribution in [1.82, 2.24) is 0 Å². The highest BCUT2D eigenvalue weighted by molar-refractivity contribution is 5.86. The van der Waals surface area contributed by atoms with E-state index in [1.54, 1.807) is 25.1 Å². The Morgan fingerprint density at radius 1 is 1.32 bits per heavy atom. The number of benzene rings is 1. The molecule has 6 heteroatoms. The van der Waals surface area contributed by atoms with Crippen molar-refractivity contribution in [3.63, 3.8) is 0 Å². The number of aliphatic hydroxyl groups is 1. The van der Waals surface area contributed by atoms with Crippen molar-refractivity contribution < 1.29 is 19.4 Å². The first-order valence-corrected chi connectivity index (χ1v) is 5.68. The summed E-state index contributed by atoms with van der Waals surface area (Å²) in [6, 6.07) is 4.69. The van der Waals surface area contributed by atoms with Gasteiger partial charge in [0.1, 0.15) is 6.61 Å². The number of rotatable bonds is 6. The Kier molecular flexibility index (Phi) is 5.35. The molecule has 0 spiro atoms. The lowest BCUT2D eigenvalue weighted by atomic mass is 10.1.